The van der Waals surface area contributed by atoms with Gasteiger partial charge in [0.15, 0.2) is 0 Å². The molecule has 3 aromatic rings. The lowest BCUT2D eigenvalue weighted by molar-refractivity contribution is 0.122. The molecule has 1 aliphatic rings. The van der Waals surface area contributed by atoms with Crippen LogP contribution in [0.5, 0.6) is 0 Å². The zero-order valence-corrected chi connectivity index (χ0v) is 15.9. The van der Waals surface area contributed by atoms with E-state index >= 15 is 0 Å². The molecule has 1 saturated heterocycles. The number of ether oxygens (including phenoxy) is 1. The number of aromatic nitrogens is 2. The molecule has 140 valence electrons. The monoisotopic (exact) mass is 382 g/mol. The summed E-state index contributed by atoms with van der Waals surface area (Å²) in [5.41, 5.74) is 4.24. The van der Waals surface area contributed by atoms with E-state index in [9.17, 15) is 0 Å². The van der Waals surface area contributed by atoms with Crippen LogP contribution >= 0.6 is 11.6 Å². The van der Waals surface area contributed by atoms with Gasteiger partial charge >= 0.3 is 0 Å². The van der Waals surface area contributed by atoms with Gasteiger partial charge in [0.25, 0.3) is 0 Å². The molecular weight excluding hydrogens is 360 g/mol. The topological polar surface area (TPSA) is 53.2 Å². The zero-order chi connectivity index (χ0) is 18.6. The average Bonchev–Trinajstić information content (AvgIpc) is 3.11. The lowest BCUT2D eigenvalue weighted by atomic mass is 10.1. The van der Waals surface area contributed by atoms with E-state index in [-0.39, 0.29) is 0 Å². The van der Waals surface area contributed by atoms with Crippen molar-refractivity contribution in [1.29, 1.82) is 0 Å². The molecule has 1 fully saturated rings. The lowest BCUT2D eigenvalue weighted by Gasteiger charge is -2.27. The number of rotatable bonds is 6. The van der Waals surface area contributed by atoms with E-state index in [1.165, 1.54) is 10.9 Å². The number of nitrogens with zero attached hydrogens (tertiary/aromatic N) is 2. The van der Waals surface area contributed by atoms with Crippen LogP contribution in [0.2, 0.25) is 5.02 Å². The Balaban J connectivity index is 1.34. The molecule has 2 aromatic heterocycles. The first-order valence-electron chi connectivity index (χ1n) is 9.18. The van der Waals surface area contributed by atoms with E-state index in [1.807, 2.05) is 30.6 Å². The zero-order valence-electron chi connectivity index (χ0n) is 15.2. The number of hydrogen-bond acceptors (Lipinski definition) is 4. The smallest absolute Gasteiger partial charge is 0.128 e. The number of H-pyrrole nitrogens is 1. The molecule has 0 bridgehead atoms. The molecule has 0 spiro atoms. The molecule has 27 heavy (non-hydrogen) atoms. The molecule has 0 unspecified atom stereocenters. The molecular formula is C21H23ClN4O. The van der Waals surface area contributed by atoms with Gasteiger partial charge in [0.1, 0.15) is 5.82 Å². The molecule has 1 aromatic carbocycles. The van der Waals surface area contributed by atoms with E-state index < -0.39 is 0 Å². The highest BCUT2D eigenvalue weighted by Gasteiger charge is 2.12. The number of pyridine rings is 1. The van der Waals surface area contributed by atoms with Crippen LogP contribution in [-0.2, 0) is 11.2 Å². The predicted octanol–water partition coefficient (Wildman–Crippen LogP) is 3.86. The van der Waals surface area contributed by atoms with Crippen LogP contribution in [0.3, 0.4) is 0 Å². The van der Waals surface area contributed by atoms with Gasteiger partial charge in [-0.1, -0.05) is 18.2 Å². The van der Waals surface area contributed by atoms with Crippen molar-refractivity contribution in [1.82, 2.24) is 15.3 Å². The Morgan fingerprint density at radius 2 is 2.11 bits per heavy atom. The van der Waals surface area contributed by atoms with Crippen molar-refractivity contribution < 1.29 is 4.74 Å². The Labute approximate surface area is 164 Å². The number of anilines is 1. The van der Waals surface area contributed by atoms with Gasteiger partial charge in [-0.05, 0) is 42.3 Å². The van der Waals surface area contributed by atoms with Crippen molar-refractivity contribution >= 4 is 34.0 Å². The molecule has 0 amide bonds. The second-order valence-corrected chi connectivity index (χ2v) is 7.10. The van der Waals surface area contributed by atoms with E-state index in [0.29, 0.717) is 0 Å². The molecule has 2 N–H and O–H groups in total. The summed E-state index contributed by atoms with van der Waals surface area (Å²) in [5, 5.41) is 5.33. The van der Waals surface area contributed by atoms with Crippen LogP contribution in [0.25, 0.3) is 16.6 Å². The van der Waals surface area contributed by atoms with Gasteiger partial charge in [-0.25, -0.2) is 4.98 Å². The quantitative estimate of drug-likeness (QED) is 0.679. The SMILES string of the molecule is C=C(NCCc1c[nH]c2ccc(Cl)cc12)c1ccc(N2CCOCC2)nc1. The second kappa shape index (κ2) is 8.03. The molecule has 0 atom stereocenters. The van der Waals surface area contributed by atoms with Crippen molar-refractivity contribution in [3.05, 3.63) is 65.5 Å². The number of hydrogen-bond donors (Lipinski definition) is 2. The van der Waals surface area contributed by atoms with Crippen molar-refractivity contribution in [2.24, 2.45) is 0 Å². The maximum atomic E-state index is 6.12. The number of aromatic amines is 1. The van der Waals surface area contributed by atoms with Crippen LogP contribution in [0.1, 0.15) is 11.1 Å². The number of morpholine rings is 1. The van der Waals surface area contributed by atoms with Crippen LogP contribution in [-0.4, -0.2) is 42.8 Å². The standard InChI is InChI=1S/C21H23ClN4O/c1-15(16-2-5-21(25-13-16)26-8-10-27-11-9-26)23-7-6-17-14-24-20-4-3-18(22)12-19(17)20/h2-5,12-14,23-24H,1,6-11H2. The first kappa shape index (κ1) is 17.9. The summed E-state index contributed by atoms with van der Waals surface area (Å²) in [6, 6.07) is 10.0. The van der Waals surface area contributed by atoms with Crippen molar-refractivity contribution in [2.45, 2.75) is 6.42 Å². The third kappa shape index (κ3) is 4.10. The Bertz CT molecular complexity index is 929. The predicted molar refractivity (Wildman–Crippen MR) is 111 cm³/mol. The summed E-state index contributed by atoms with van der Waals surface area (Å²) < 4.78 is 5.39. The fourth-order valence-electron chi connectivity index (χ4n) is 3.35. The van der Waals surface area contributed by atoms with Crippen LogP contribution in [0.15, 0.2) is 49.3 Å². The first-order chi connectivity index (χ1) is 13.2. The van der Waals surface area contributed by atoms with Gasteiger partial charge in [0.05, 0.1) is 13.2 Å². The van der Waals surface area contributed by atoms with Crippen molar-refractivity contribution in [2.75, 3.05) is 37.7 Å². The highest BCUT2D eigenvalue weighted by Crippen LogP contribution is 2.23. The molecule has 5 nitrogen and oxygen atoms in total. The van der Waals surface area contributed by atoms with E-state index in [2.05, 4.69) is 38.9 Å². The largest absolute Gasteiger partial charge is 0.385 e. The summed E-state index contributed by atoms with van der Waals surface area (Å²) in [7, 11) is 0. The molecule has 0 aliphatic carbocycles. The minimum atomic E-state index is 0.757. The maximum Gasteiger partial charge on any atom is 0.128 e. The minimum absolute atomic E-state index is 0.757. The third-order valence-corrected chi connectivity index (χ3v) is 5.13. The van der Waals surface area contributed by atoms with Gasteiger partial charge in [-0.2, -0.15) is 0 Å². The molecule has 0 saturated carbocycles. The number of nitrogens with one attached hydrogen (secondary N) is 2. The van der Waals surface area contributed by atoms with Crippen LogP contribution in [0, 0.1) is 0 Å². The Hall–Kier alpha value is -2.50. The third-order valence-electron chi connectivity index (χ3n) is 4.89. The molecule has 0 radical (unpaired) electrons. The minimum Gasteiger partial charge on any atom is -0.385 e. The Morgan fingerprint density at radius 1 is 1.26 bits per heavy atom. The van der Waals surface area contributed by atoms with Crippen LogP contribution in [0.4, 0.5) is 5.82 Å². The molecule has 3 heterocycles. The highest BCUT2D eigenvalue weighted by molar-refractivity contribution is 6.31. The molecule has 1 aliphatic heterocycles. The Kier molecular flexibility index (Phi) is 5.32. The normalized spacial score (nSPS) is 14.5. The molecule has 6 heteroatoms. The first-order valence-corrected chi connectivity index (χ1v) is 9.56. The van der Waals surface area contributed by atoms with Gasteiger partial charge in [-0.15, -0.1) is 0 Å². The van der Waals surface area contributed by atoms with Crippen molar-refractivity contribution in [3.63, 3.8) is 0 Å². The molecule has 4 rings (SSSR count). The van der Waals surface area contributed by atoms with Gasteiger partial charge in [0, 0.05) is 59.2 Å². The summed E-state index contributed by atoms with van der Waals surface area (Å²) in [6.45, 7) is 8.24. The van der Waals surface area contributed by atoms with Gasteiger partial charge in [-0.3, -0.25) is 0 Å². The summed E-state index contributed by atoms with van der Waals surface area (Å²) in [5.74, 6) is 0.991. The maximum absolute atomic E-state index is 6.12. The fraction of sp³-hybridized carbons (Fsp3) is 0.286. The lowest BCUT2D eigenvalue weighted by Crippen LogP contribution is -2.36. The number of fused-ring (bicyclic) bond motifs is 1. The second-order valence-electron chi connectivity index (χ2n) is 6.66. The van der Waals surface area contributed by atoms with E-state index in [0.717, 1.165) is 66.9 Å². The average molecular weight is 383 g/mol. The summed E-state index contributed by atoms with van der Waals surface area (Å²) >= 11 is 6.12. The Morgan fingerprint density at radius 3 is 2.89 bits per heavy atom. The van der Waals surface area contributed by atoms with Crippen LogP contribution < -0.4 is 10.2 Å². The number of halogens is 1. The van der Waals surface area contributed by atoms with E-state index in [4.69, 9.17) is 16.3 Å². The summed E-state index contributed by atoms with van der Waals surface area (Å²) in [4.78, 5) is 10.1. The van der Waals surface area contributed by atoms with E-state index in [1.54, 1.807) is 0 Å². The van der Waals surface area contributed by atoms with Gasteiger partial charge in [0.2, 0.25) is 0 Å². The highest BCUT2D eigenvalue weighted by atomic mass is 35.5. The van der Waals surface area contributed by atoms with Crippen molar-refractivity contribution in [3.8, 4) is 0 Å². The number of benzene rings is 1. The summed E-state index contributed by atoms with van der Waals surface area (Å²) in [6.07, 6.45) is 4.81. The van der Waals surface area contributed by atoms with Gasteiger partial charge < -0.3 is 19.9 Å². The fourth-order valence-corrected chi connectivity index (χ4v) is 3.52.